The largest absolute Gasteiger partial charge is 0.468 e. The van der Waals surface area contributed by atoms with E-state index in [1.807, 2.05) is 0 Å². The number of hydrogen-bond donors (Lipinski definition) is 1. The number of Topliss-reactive ketones (excluding diaryl/α,β-unsaturated/α-hetero) is 1. The molecule has 4 nitrogen and oxygen atoms in total. The Morgan fingerprint density at radius 3 is 2.11 bits per heavy atom. The van der Waals surface area contributed by atoms with Crippen molar-refractivity contribution < 1.29 is 14.3 Å². The highest BCUT2D eigenvalue weighted by atomic mass is 16.5. The van der Waals surface area contributed by atoms with Gasteiger partial charge in [0, 0.05) is 0 Å². The van der Waals surface area contributed by atoms with Crippen molar-refractivity contribution in [2.24, 2.45) is 5.73 Å². The molecule has 0 spiro atoms. The number of rotatable bonds is 2. The number of esters is 1. The second-order valence-electron chi connectivity index (χ2n) is 1.61. The van der Waals surface area contributed by atoms with E-state index in [2.05, 4.69) is 4.74 Å². The molecule has 0 saturated carbocycles. The predicted octanol–water partition coefficient (Wildman–Crippen LogP) is -0.924. The maximum absolute atomic E-state index is 10.4. The zero-order valence-corrected chi connectivity index (χ0v) is 5.38. The molecule has 0 aliphatic carbocycles. The molecule has 0 aliphatic heterocycles. The van der Waals surface area contributed by atoms with Gasteiger partial charge in [-0.25, -0.2) is 4.79 Å². The van der Waals surface area contributed by atoms with E-state index in [4.69, 9.17) is 5.73 Å². The van der Waals surface area contributed by atoms with Gasteiger partial charge in [-0.15, -0.1) is 0 Å². The minimum Gasteiger partial charge on any atom is -0.468 e. The smallest absolute Gasteiger partial charge is 0.330 e. The van der Waals surface area contributed by atoms with Gasteiger partial charge in [0.1, 0.15) is 0 Å². The summed E-state index contributed by atoms with van der Waals surface area (Å²) in [5.41, 5.74) is 5.05. The average molecular weight is 131 g/mol. The molecule has 0 saturated heterocycles. The summed E-state index contributed by atoms with van der Waals surface area (Å²) in [6, 6.07) is -1.12. The molecule has 0 unspecified atom stereocenters. The summed E-state index contributed by atoms with van der Waals surface area (Å²) in [6.07, 6.45) is 0. The van der Waals surface area contributed by atoms with Gasteiger partial charge >= 0.3 is 5.97 Å². The van der Waals surface area contributed by atoms with Gasteiger partial charge in [-0.1, -0.05) is 0 Å². The van der Waals surface area contributed by atoms with Crippen LogP contribution in [0.1, 0.15) is 6.92 Å². The summed E-state index contributed by atoms with van der Waals surface area (Å²) in [4.78, 5) is 20.7. The fourth-order valence-electron chi connectivity index (χ4n) is 0.293. The van der Waals surface area contributed by atoms with E-state index >= 15 is 0 Å². The van der Waals surface area contributed by atoms with E-state index in [-0.39, 0.29) is 5.78 Å². The van der Waals surface area contributed by atoms with Crippen LogP contribution < -0.4 is 5.73 Å². The SMILES string of the molecule is COC(=O)[C@H](N)C(C)=O. The van der Waals surface area contributed by atoms with Crippen LogP contribution in [-0.2, 0) is 14.3 Å². The highest BCUT2D eigenvalue weighted by Crippen LogP contribution is 1.83. The summed E-state index contributed by atoms with van der Waals surface area (Å²) in [7, 11) is 1.19. The molecular formula is C5H9NO3. The maximum Gasteiger partial charge on any atom is 0.330 e. The van der Waals surface area contributed by atoms with Crippen molar-refractivity contribution in [1.29, 1.82) is 0 Å². The van der Waals surface area contributed by atoms with Gasteiger partial charge in [0.25, 0.3) is 0 Å². The van der Waals surface area contributed by atoms with Crippen molar-refractivity contribution in [3.8, 4) is 0 Å². The lowest BCUT2D eigenvalue weighted by Gasteiger charge is -2.02. The summed E-state index contributed by atoms with van der Waals surface area (Å²) in [5, 5.41) is 0. The monoisotopic (exact) mass is 131 g/mol. The average Bonchev–Trinajstić information content (AvgIpc) is 1.84. The Morgan fingerprint density at radius 2 is 2.00 bits per heavy atom. The molecule has 0 fully saturated rings. The van der Waals surface area contributed by atoms with Gasteiger partial charge in [-0.2, -0.15) is 0 Å². The summed E-state index contributed by atoms with van der Waals surface area (Å²) in [6.45, 7) is 1.24. The lowest BCUT2D eigenvalue weighted by molar-refractivity contribution is -0.144. The Kier molecular flexibility index (Phi) is 2.87. The minimum atomic E-state index is -1.12. The molecule has 2 N–H and O–H groups in total. The second kappa shape index (κ2) is 3.19. The molecule has 0 rings (SSSR count). The topological polar surface area (TPSA) is 69.4 Å². The molecule has 0 aromatic rings. The van der Waals surface area contributed by atoms with E-state index in [1.54, 1.807) is 0 Å². The van der Waals surface area contributed by atoms with Gasteiger partial charge < -0.3 is 10.5 Å². The summed E-state index contributed by atoms with van der Waals surface area (Å²) in [5.74, 6) is -1.08. The zero-order valence-electron chi connectivity index (χ0n) is 5.38. The zero-order chi connectivity index (χ0) is 7.44. The number of nitrogens with two attached hydrogens (primary N) is 1. The van der Waals surface area contributed by atoms with Crippen LogP contribution in [0.2, 0.25) is 0 Å². The molecule has 0 amide bonds. The fourth-order valence-corrected chi connectivity index (χ4v) is 0.293. The third kappa shape index (κ3) is 2.23. The molecule has 0 radical (unpaired) electrons. The van der Waals surface area contributed by atoms with Crippen LogP contribution in [0.25, 0.3) is 0 Å². The predicted molar refractivity (Wildman–Crippen MR) is 30.7 cm³/mol. The number of carbonyl (C=O) groups excluding carboxylic acids is 2. The molecule has 0 aliphatic rings. The molecule has 4 heteroatoms. The molecule has 0 aromatic carbocycles. The lowest BCUT2D eigenvalue weighted by atomic mass is 10.2. The molecule has 1 atom stereocenters. The molecule has 0 aromatic heterocycles. The van der Waals surface area contributed by atoms with Gasteiger partial charge in [0.2, 0.25) is 0 Å². The molecule has 0 bridgehead atoms. The van der Waals surface area contributed by atoms with Crippen molar-refractivity contribution in [1.82, 2.24) is 0 Å². The summed E-state index contributed by atoms with van der Waals surface area (Å²) < 4.78 is 4.19. The standard InChI is InChI=1S/C5H9NO3/c1-3(7)4(6)5(8)9-2/h4H,6H2,1-2H3/t4-/m1/s1. The van der Waals surface area contributed by atoms with Crippen LogP contribution >= 0.6 is 0 Å². The number of ether oxygens (including phenoxy) is 1. The van der Waals surface area contributed by atoms with E-state index in [0.29, 0.717) is 0 Å². The normalized spacial score (nSPS) is 12.3. The van der Waals surface area contributed by atoms with Crippen LogP contribution in [0.4, 0.5) is 0 Å². The Morgan fingerprint density at radius 1 is 1.56 bits per heavy atom. The van der Waals surface area contributed by atoms with Crippen molar-refractivity contribution in [2.45, 2.75) is 13.0 Å². The Labute approximate surface area is 53.0 Å². The Bertz CT molecular complexity index is 132. The third-order valence-electron chi connectivity index (χ3n) is 0.893. The van der Waals surface area contributed by atoms with Crippen molar-refractivity contribution in [3.05, 3.63) is 0 Å². The van der Waals surface area contributed by atoms with Gasteiger partial charge in [0.15, 0.2) is 11.8 Å². The first-order chi connectivity index (χ1) is 4.09. The number of ketones is 1. The maximum atomic E-state index is 10.4. The van der Waals surface area contributed by atoms with Crippen LogP contribution in [0.3, 0.4) is 0 Å². The van der Waals surface area contributed by atoms with Crippen molar-refractivity contribution >= 4 is 11.8 Å². The van der Waals surface area contributed by atoms with Crippen molar-refractivity contribution in [2.75, 3.05) is 7.11 Å². The number of methoxy groups -OCH3 is 1. The fraction of sp³-hybridized carbons (Fsp3) is 0.600. The highest BCUT2D eigenvalue weighted by molar-refractivity contribution is 6.01. The van der Waals surface area contributed by atoms with Gasteiger partial charge in [-0.05, 0) is 6.92 Å². The first-order valence-electron chi connectivity index (χ1n) is 2.43. The molecule has 9 heavy (non-hydrogen) atoms. The van der Waals surface area contributed by atoms with Crippen molar-refractivity contribution in [3.63, 3.8) is 0 Å². The second-order valence-corrected chi connectivity index (χ2v) is 1.61. The first-order valence-corrected chi connectivity index (χ1v) is 2.43. The van der Waals surface area contributed by atoms with E-state index in [0.717, 1.165) is 0 Å². The molecule has 0 heterocycles. The Hall–Kier alpha value is -0.900. The van der Waals surface area contributed by atoms with Gasteiger partial charge in [-0.3, -0.25) is 4.79 Å². The van der Waals surface area contributed by atoms with E-state index in [9.17, 15) is 9.59 Å². The van der Waals surface area contributed by atoms with Gasteiger partial charge in [0.05, 0.1) is 7.11 Å². The number of carbonyl (C=O) groups is 2. The number of hydrogen-bond acceptors (Lipinski definition) is 4. The summed E-state index contributed by atoms with van der Waals surface area (Å²) >= 11 is 0. The Balaban J connectivity index is 3.88. The van der Waals surface area contributed by atoms with Crippen LogP contribution in [-0.4, -0.2) is 24.9 Å². The molecule has 52 valence electrons. The third-order valence-corrected chi connectivity index (χ3v) is 0.893. The van der Waals surface area contributed by atoms with Crippen LogP contribution in [0.15, 0.2) is 0 Å². The van der Waals surface area contributed by atoms with Crippen LogP contribution in [0.5, 0.6) is 0 Å². The van der Waals surface area contributed by atoms with Crippen LogP contribution in [0, 0.1) is 0 Å². The van der Waals surface area contributed by atoms with E-state index in [1.165, 1.54) is 14.0 Å². The molecular weight excluding hydrogens is 122 g/mol. The quantitative estimate of drug-likeness (QED) is 0.388. The highest BCUT2D eigenvalue weighted by Gasteiger charge is 2.17. The lowest BCUT2D eigenvalue weighted by Crippen LogP contribution is -2.37. The first kappa shape index (κ1) is 8.10. The minimum absolute atomic E-state index is 0.387. The van der Waals surface area contributed by atoms with E-state index < -0.39 is 12.0 Å².